The lowest BCUT2D eigenvalue weighted by molar-refractivity contribution is -0.167. The standard InChI is InChI=1S/C54H104O6/c1-5-8-10-12-14-16-18-20-21-22-23-25-31-35-39-43-47-54(57)60-51(48-58-52(55)45-41-37-33-29-24-19-17-15-13-11-9-6-2)49-59-53(56)46-42-38-34-30-27-26-28-32-36-40-44-50(4)7-3/h50-51H,5-49H2,1-4H3/t50?,51-/m0/s1. The Hall–Kier alpha value is -1.59. The Morgan fingerprint density at radius 2 is 0.583 bits per heavy atom. The Morgan fingerprint density at radius 1 is 0.333 bits per heavy atom. The summed E-state index contributed by atoms with van der Waals surface area (Å²) in [7, 11) is 0. The molecular formula is C54H104O6. The van der Waals surface area contributed by atoms with Gasteiger partial charge in [-0.1, -0.05) is 265 Å². The summed E-state index contributed by atoms with van der Waals surface area (Å²) in [5.41, 5.74) is 0. The number of carbonyl (C=O) groups is 3. The van der Waals surface area contributed by atoms with Gasteiger partial charge in [0.25, 0.3) is 0 Å². The second kappa shape index (κ2) is 48.4. The third-order valence-corrected chi connectivity index (χ3v) is 12.7. The first-order chi connectivity index (χ1) is 29.4. The Kier molecular flexibility index (Phi) is 47.2. The molecule has 0 amide bonds. The van der Waals surface area contributed by atoms with Crippen LogP contribution in [-0.4, -0.2) is 37.2 Å². The van der Waals surface area contributed by atoms with Crippen LogP contribution in [0.15, 0.2) is 0 Å². The number of esters is 3. The van der Waals surface area contributed by atoms with Crippen molar-refractivity contribution < 1.29 is 28.6 Å². The molecule has 356 valence electrons. The van der Waals surface area contributed by atoms with Gasteiger partial charge in [-0.2, -0.15) is 0 Å². The normalized spacial score (nSPS) is 12.4. The highest BCUT2D eigenvalue weighted by molar-refractivity contribution is 5.71. The third kappa shape index (κ3) is 45.9. The van der Waals surface area contributed by atoms with Crippen LogP contribution in [0.2, 0.25) is 0 Å². The van der Waals surface area contributed by atoms with Gasteiger partial charge < -0.3 is 14.2 Å². The highest BCUT2D eigenvalue weighted by atomic mass is 16.6. The Labute approximate surface area is 374 Å². The fourth-order valence-electron chi connectivity index (χ4n) is 8.19. The summed E-state index contributed by atoms with van der Waals surface area (Å²) < 4.78 is 16.8. The topological polar surface area (TPSA) is 78.9 Å². The molecular weight excluding hydrogens is 745 g/mol. The monoisotopic (exact) mass is 849 g/mol. The number of hydrogen-bond donors (Lipinski definition) is 0. The largest absolute Gasteiger partial charge is 0.462 e. The van der Waals surface area contributed by atoms with Gasteiger partial charge in [0, 0.05) is 19.3 Å². The number of rotatable bonds is 49. The summed E-state index contributed by atoms with van der Waals surface area (Å²) >= 11 is 0. The van der Waals surface area contributed by atoms with E-state index in [0.717, 1.165) is 63.7 Å². The zero-order valence-electron chi connectivity index (χ0n) is 40.9. The molecule has 0 aliphatic rings. The lowest BCUT2D eigenvalue weighted by Crippen LogP contribution is -2.30. The van der Waals surface area contributed by atoms with Crippen molar-refractivity contribution in [2.45, 2.75) is 310 Å². The van der Waals surface area contributed by atoms with E-state index in [1.807, 2.05) is 0 Å². The average molecular weight is 849 g/mol. The van der Waals surface area contributed by atoms with Crippen LogP contribution in [0.1, 0.15) is 304 Å². The molecule has 0 radical (unpaired) electrons. The van der Waals surface area contributed by atoms with Crippen molar-refractivity contribution in [3.8, 4) is 0 Å². The van der Waals surface area contributed by atoms with Crippen molar-refractivity contribution in [3.05, 3.63) is 0 Å². The smallest absolute Gasteiger partial charge is 0.306 e. The minimum atomic E-state index is -0.761. The number of ether oxygens (including phenoxy) is 3. The number of hydrogen-bond acceptors (Lipinski definition) is 6. The molecule has 1 unspecified atom stereocenters. The highest BCUT2D eigenvalue weighted by Crippen LogP contribution is 2.18. The van der Waals surface area contributed by atoms with Gasteiger partial charge in [-0.05, 0) is 25.2 Å². The van der Waals surface area contributed by atoms with Gasteiger partial charge in [-0.25, -0.2) is 0 Å². The quantitative estimate of drug-likeness (QED) is 0.0345. The maximum Gasteiger partial charge on any atom is 0.306 e. The van der Waals surface area contributed by atoms with Crippen molar-refractivity contribution in [2.24, 2.45) is 5.92 Å². The first-order valence-electron chi connectivity index (χ1n) is 26.9. The molecule has 0 N–H and O–H groups in total. The van der Waals surface area contributed by atoms with Crippen LogP contribution >= 0.6 is 0 Å². The second-order valence-electron chi connectivity index (χ2n) is 18.8. The van der Waals surface area contributed by atoms with Gasteiger partial charge >= 0.3 is 17.9 Å². The molecule has 0 fully saturated rings. The number of unbranched alkanes of at least 4 members (excludes halogenated alkanes) is 35. The van der Waals surface area contributed by atoms with Gasteiger partial charge in [-0.3, -0.25) is 14.4 Å². The zero-order chi connectivity index (χ0) is 43.8. The molecule has 60 heavy (non-hydrogen) atoms. The minimum Gasteiger partial charge on any atom is -0.462 e. The molecule has 0 saturated carbocycles. The molecule has 0 aromatic rings. The second-order valence-corrected chi connectivity index (χ2v) is 18.8. The Balaban J connectivity index is 4.31. The summed E-state index contributed by atoms with van der Waals surface area (Å²) in [5.74, 6) is 0.0281. The van der Waals surface area contributed by atoms with Crippen LogP contribution in [0.25, 0.3) is 0 Å². The lowest BCUT2D eigenvalue weighted by Gasteiger charge is -2.18. The molecule has 0 rings (SSSR count). The van der Waals surface area contributed by atoms with Crippen LogP contribution in [-0.2, 0) is 28.6 Å². The van der Waals surface area contributed by atoms with E-state index in [0.29, 0.717) is 19.3 Å². The van der Waals surface area contributed by atoms with Crippen LogP contribution in [0.3, 0.4) is 0 Å². The number of carbonyl (C=O) groups excluding carboxylic acids is 3. The summed E-state index contributed by atoms with van der Waals surface area (Å²) in [4.78, 5) is 38.0. The SMILES string of the molecule is CCCCCCCCCCCCCCCCCCC(=O)O[C@@H](COC(=O)CCCCCCCCCCCCCC)COC(=O)CCCCCCCCCCCCC(C)CC. The molecule has 2 atom stereocenters. The fraction of sp³-hybridized carbons (Fsp3) is 0.944. The van der Waals surface area contributed by atoms with Gasteiger partial charge in [-0.15, -0.1) is 0 Å². The van der Waals surface area contributed by atoms with Gasteiger partial charge in [0.2, 0.25) is 0 Å². The molecule has 0 aromatic carbocycles. The van der Waals surface area contributed by atoms with Gasteiger partial charge in [0.1, 0.15) is 13.2 Å². The zero-order valence-corrected chi connectivity index (χ0v) is 40.9. The summed E-state index contributed by atoms with van der Waals surface area (Å²) in [6.45, 7) is 9.06. The highest BCUT2D eigenvalue weighted by Gasteiger charge is 2.19. The molecule has 0 saturated heterocycles. The van der Waals surface area contributed by atoms with Gasteiger partial charge in [0.15, 0.2) is 6.10 Å². The molecule has 0 aliphatic heterocycles. The summed E-state index contributed by atoms with van der Waals surface area (Å²) in [6, 6.07) is 0. The van der Waals surface area contributed by atoms with Crippen LogP contribution in [0.4, 0.5) is 0 Å². The average Bonchev–Trinajstić information content (AvgIpc) is 3.25. The Bertz CT molecular complexity index is 905. The van der Waals surface area contributed by atoms with E-state index in [2.05, 4.69) is 27.7 Å². The lowest BCUT2D eigenvalue weighted by atomic mass is 9.99. The van der Waals surface area contributed by atoms with Crippen molar-refractivity contribution in [3.63, 3.8) is 0 Å². The van der Waals surface area contributed by atoms with E-state index < -0.39 is 6.10 Å². The van der Waals surface area contributed by atoms with E-state index >= 15 is 0 Å². The Morgan fingerprint density at radius 3 is 0.867 bits per heavy atom. The van der Waals surface area contributed by atoms with E-state index in [4.69, 9.17) is 14.2 Å². The van der Waals surface area contributed by atoms with Crippen molar-refractivity contribution >= 4 is 17.9 Å². The maximum atomic E-state index is 12.8. The molecule has 0 heterocycles. The molecule has 0 spiro atoms. The molecule has 6 heteroatoms. The van der Waals surface area contributed by atoms with Crippen LogP contribution in [0.5, 0.6) is 0 Å². The summed E-state index contributed by atoms with van der Waals surface area (Å²) in [6.07, 6.45) is 50.8. The third-order valence-electron chi connectivity index (χ3n) is 12.7. The van der Waals surface area contributed by atoms with Crippen LogP contribution in [0, 0.1) is 5.92 Å². The predicted molar refractivity (Wildman–Crippen MR) is 257 cm³/mol. The van der Waals surface area contributed by atoms with E-state index in [9.17, 15) is 14.4 Å². The predicted octanol–water partition coefficient (Wildman–Crippen LogP) is 17.5. The minimum absolute atomic E-state index is 0.0626. The van der Waals surface area contributed by atoms with E-state index in [1.165, 1.54) is 199 Å². The van der Waals surface area contributed by atoms with E-state index in [1.54, 1.807) is 0 Å². The van der Waals surface area contributed by atoms with Crippen LogP contribution < -0.4 is 0 Å². The van der Waals surface area contributed by atoms with E-state index in [-0.39, 0.29) is 31.1 Å². The fourth-order valence-corrected chi connectivity index (χ4v) is 8.19. The molecule has 0 aliphatic carbocycles. The van der Waals surface area contributed by atoms with Crippen molar-refractivity contribution in [1.82, 2.24) is 0 Å². The van der Waals surface area contributed by atoms with Crippen molar-refractivity contribution in [2.75, 3.05) is 13.2 Å². The maximum absolute atomic E-state index is 12.8. The first-order valence-corrected chi connectivity index (χ1v) is 26.9. The summed E-state index contributed by atoms with van der Waals surface area (Å²) in [5, 5.41) is 0. The molecule has 0 bridgehead atoms. The first kappa shape index (κ1) is 58.4. The van der Waals surface area contributed by atoms with Crippen molar-refractivity contribution in [1.29, 1.82) is 0 Å². The van der Waals surface area contributed by atoms with Gasteiger partial charge in [0.05, 0.1) is 0 Å². The molecule has 6 nitrogen and oxygen atoms in total. The molecule has 0 aromatic heterocycles.